The smallest absolute Gasteiger partial charge is 0.191 e. The summed E-state index contributed by atoms with van der Waals surface area (Å²) >= 11 is 0. The molecule has 0 saturated heterocycles. The highest BCUT2D eigenvalue weighted by Crippen LogP contribution is 2.27. The second-order valence-corrected chi connectivity index (χ2v) is 5.10. The van der Waals surface area contributed by atoms with Gasteiger partial charge in [-0.2, -0.15) is 0 Å². The molecule has 18 heavy (non-hydrogen) atoms. The molecule has 1 aliphatic heterocycles. The summed E-state index contributed by atoms with van der Waals surface area (Å²) in [5.41, 5.74) is 13.9. The molecule has 0 spiro atoms. The number of fused-ring (bicyclic) bond motifs is 1. The van der Waals surface area contributed by atoms with E-state index in [4.69, 9.17) is 11.5 Å². The third-order valence-electron chi connectivity index (χ3n) is 3.14. The predicted molar refractivity (Wildman–Crippen MR) is 75.6 cm³/mol. The molecule has 5 nitrogen and oxygen atoms in total. The number of aliphatic imine (C=N–C) groups is 1. The van der Waals surface area contributed by atoms with E-state index in [-0.39, 0.29) is 17.5 Å². The maximum atomic E-state index is 11.5. The van der Waals surface area contributed by atoms with Crippen molar-refractivity contribution >= 4 is 26.4 Å². The van der Waals surface area contributed by atoms with E-state index in [0.29, 0.717) is 0 Å². The van der Waals surface area contributed by atoms with Crippen molar-refractivity contribution in [1.82, 2.24) is 4.90 Å². The Morgan fingerprint density at radius 3 is 2.78 bits per heavy atom. The number of benzene rings is 1. The summed E-state index contributed by atoms with van der Waals surface area (Å²) < 4.78 is 0. The van der Waals surface area contributed by atoms with Crippen molar-refractivity contribution in [2.45, 2.75) is 19.0 Å². The lowest BCUT2D eigenvalue weighted by Gasteiger charge is -2.32. The third kappa shape index (κ3) is 2.68. The lowest BCUT2D eigenvalue weighted by atomic mass is 9.94. The molecule has 0 aromatic heterocycles. The number of guanidine groups is 1. The minimum atomic E-state index is -0.0589. The molecule has 6 heteroatoms. The predicted octanol–water partition coefficient (Wildman–Crippen LogP) is 0.350. The number of likely N-dealkylation sites (N-methyl/N-ethyl adjacent to an activating group) is 1. The third-order valence-corrected chi connectivity index (χ3v) is 3.53. The Balaban J connectivity index is 2.31. The Morgan fingerprint density at radius 2 is 2.17 bits per heavy atom. The highest BCUT2D eigenvalue weighted by Gasteiger charge is 2.26. The topological polar surface area (TPSA) is 84.7 Å². The molecule has 0 aliphatic carbocycles. The fraction of sp³-hybridized carbons (Fsp3) is 0.333. The largest absolute Gasteiger partial charge is 0.370 e. The molecule has 4 N–H and O–H groups in total. The van der Waals surface area contributed by atoms with Crippen LogP contribution in [0.1, 0.15) is 11.1 Å². The molecule has 0 bridgehead atoms. The van der Waals surface area contributed by atoms with Crippen molar-refractivity contribution in [3.05, 3.63) is 29.3 Å². The van der Waals surface area contributed by atoms with Gasteiger partial charge in [-0.15, -0.1) is 0 Å². The average Bonchev–Trinajstić information content (AvgIpc) is 2.26. The number of nitrogens with two attached hydrogens (primary N) is 2. The zero-order valence-corrected chi connectivity index (χ0v) is 11.4. The highest BCUT2D eigenvalue weighted by molar-refractivity contribution is 7.40. The molecule has 1 aliphatic rings. The van der Waals surface area contributed by atoms with E-state index in [9.17, 15) is 4.79 Å². The summed E-state index contributed by atoms with van der Waals surface area (Å²) in [6, 6.07) is 5.77. The average molecular weight is 264 g/mol. The summed E-state index contributed by atoms with van der Waals surface area (Å²) in [7, 11) is 4.21. The van der Waals surface area contributed by atoms with Gasteiger partial charge in [-0.25, -0.2) is 4.99 Å². The van der Waals surface area contributed by atoms with Gasteiger partial charge in [0.2, 0.25) is 0 Å². The molecule has 0 amide bonds. The van der Waals surface area contributed by atoms with Gasteiger partial charge in [0, 0.05) is 6.54 Å². The monoisotopic (exact) mass is 264 g/mol. The van der Waals surface area contributed by atoms with Crippen LogP contribution in [0.15, 0.2) is 23.2 Å². The molecule has 1 unspecified atom stereocenters. The van der Waals surface area contributed by atoms with Crippen LogP contribution < -0.4 is 11.5 Å². The molecule has 1 heterocycles. The molecule has 2 rings (SSSR count). The van der Waals surface area contributed by atoms with Gasteiger partial charge in [0.1, 0.15) is 0 Å². The molecule has 1 aromatic rings. The van der Waals surface area contributed by atoms with E-state index in [1.54, 1.807) is 0 Å². The van der Waals surface area contributed by atoms with Gasteiger partial charge in [0.15, 0.2) is 11.5 Å². The Bertz CT molecular complexity index is 511. The maximum absolute atomic E-state index is 11.5. The first kappa shape index (κ1) is 13.0. The molecular formula is C12H17N4OP. The summed E-state index contributed by atoms with van der Waals surface area (Å²) in [6.45, 7) is 0.730. The van der Waals surface area contributed by atoms with Crippen LogP contribution in [0.25, 0.3) is 0 Å². The van der Waals surface area contributed by atoms with Crippen molar-refractivity contribution in [1.29, 1.82) is 0 Å². The minimum absolute atomic E-state index is 0.0529. The van der Waals surface area contributed by atoms with Crippen LogP contribution in [0.4, 0.5) is 5.69 Å². The first-order chi connectivity index (χ1) is 8.47. The van der Waals surface area contributed by atoms with Gasteiger partial charge in [-0.05, 0) is 36.7 Å². The Hall–Kier alpha value is -1.45. The Kier molecular flexibility index (Phi) is 3.64. The summed E-state index contributed by atoms with van der Waals surface area (Å²) in [6.07, 6.45) is 0.732. The van der Waals surface area contributed by atoms with Gasteiger partial charge < -0.3 is 11.5 Å². The molecule has 0 saturated carbocycles. The van der Waals surface area contributed by atoms with Crippen LogP contribution in [0, 0.1) is 0 Å². The van der Waals surface area contributed by atoms with Crippen LogP contribution >= 0.6 is 9.24 Å². The maximum Gasteiger partial charge on any atom is 0.191 e. The number of carbonyl (C=O) groups is 1. The lowest BCUT2D eigenvalue weighted by molar-refractivity contribution is -0.115. The van der Waals surface area contributed by atoms with Crippen LogP contribution in [0.3, 0.4) is 0 Å². The highest BCUT2D eigenvalue weighted by atomic mass is 31.0. The van der Waals surface area contributed by atoms with Crippen molar-refractivity contribution in [2.24, 2.45) is 16.5 Å². The van der Waals surface area contributed by atoms with E-state index in [0.717, 1.165) is 18.7 Å². The van der Waals surface area contributed by atoms with Gasteiger partial charge in [0.05, 0.1) is 11.7 Å². The van der Waals surface area contributed by atoms with Gasteiger partial charge in [-0.1, -0.05) is 15.3 Å². The fourth-order valence-electron chi connectivity index (χ4n) is 2.24. The summed E-state index contributed by atoms with van der Waals surface area (Å²) in [5, 5.41) is 0. The number of hydrogen-bond donors (Lipinski definition) is 2. The number of hydrogen-bond acceptors (Lipinski definition) is 3. The first-order valence-corrected chi connectivity index (χ1v) is 6.26. The number of rotatable bonds is 2. The first-order valence-electron chi connectivity index (χ1n) is 5.68. The van der Waals surface area contributed by atoms with Gasteiger partial charge >= 0.3 is 0 Å². The normalized spacial score (nSPS) is 19.1. The van der Waals surface area contributed by atoms with E-state index >= 15 is 0 Å². The number of carbonyl (C=O) groups excluding carboxylic acids is 1. The molecular weight excluding hydrogens is 247 g/mol. The van der Waals surface area contributed by atoms with E-state index < -0.39 is 0 Å². The quantitative estimate of drug-likeness (QED) is 0.458. The summed E-state index contributed by atoms with van der Waals surface area (Å²) in [5.74, 6) is 0.0529. The Labute approximate surface area is 108 Å². The SMILES string of the molecule is CN1Cc2cc(N=C(N)N)ccc2C[C@H]1C(=O)P. The van der Waals surface area contributed by atoms with Crippen LogP contribution in [-0.4, -0.2) is 29.5 Å². The second-order valence-electron chi connectivity index (χ2n) is 4.53. The van der Waals surface area contributed by atoms with E-state index in [2.05, 4.69) is 14.2 Å². The summed E-state index contributed by atoms with van der Waals surface area (Å²) in [4.78, 5) is 17.6. The van der Waals surface area contributed by atoms with Gasteiger partial charge in [0.25, 0.3) is 0 Å². The molecule has 1 aromatic carbocycles. The zero-order chi connectivity index (χ0) is 13.3. The lowest BCUT2D eigenvalue weighted by Crippen LogP contribution is -2.41. The standard InChI is InChI=1S/C12H17N4OP/c1-16-6-8-4-9(15-12(13)14)3-2-7(8)5-10(16)11(17)18/h2-4,10H,5-6,18H2,1H3,(H4,13,14,15)/t10-/m0/s1. The number of nitrogens with zero attached hydrogens (tertiary/aromatic N) is 2. The van der Waals surface area contributed by atoms with E-state index in [1.807, 2.05) is 30.1 Å². The second kappa shape index (κ2) is 5.04. The molecule has 0 radical (unpaired) electrons. The van der Waals surface area contributed by atoms with Crippen molar-refractivity contribution in [3.8, 4) is 0 Å². The molecule has 0 fully saturated rings. The zero-order valence-electron chi connectivity index (χ0n) is 10.3. The van der Waals surface area contributed by atoms with Crippen LogP contribution in [0.2, 0.25) is 0 Å². The van der Waals surface area contributed by atoms with Crippen molar-refractivity contribution < 1.29 is 4.79 Å². The fourth-order valence-corrected chi connectivity index (χ4v) is 2.61. The van der Waals surface area contributed by atoms with Gasteiger partial charge in [-0.3, -0.25) is 9.69 Å². The van der Waals surface area contributed by atoms with Crippen molar-refractivity contribution in [2.75, 3.05) is 7.05 Å². The minimum Gasteiger partial charge on any atom is -0.370 e. The molecule has 96 valence electrons. The van der Waals surface area contributed by atoms with Crippen molar-refractivity contribution in [3.63, 3.8) is 0 Å². The molecule has 2 atom stereocenters. The van der Waals surface area contributed by atoms with Crippen LogP contribution in [0.5, 0.6) is 0 Å². The van der Waals surface area contributed by atoms with E-state index in [1.165, 1.54) is 11.1 Å². The van der Waals surface area contributed by atoms with Crippen LogP contribution in [-0.2, 0) is 17.8 Å². The Morgan fingerprint density at radius 1 is 1.44 bits per heavy atom.